The van der Waals surface area contributed by atoms with Gasteiger partial charge >= 0.3 is 6.16 Å². The van der Waals surface area contributed by atoms with Crippen LogP contribution >= 0.6 is 0 Å². The van der Waals surface area contributed by atoms with E-state index in [2.05, 4.69) is 9.71 Å². The highest BCUT2D eigenvalue weighted by molar-refractivity contribution is 7.89. The lowest BCUT2D eigenvalue weighted by atomic mass is 10.0. The molecule has 3 N–H and O–H groups in total. The number of rotatable bonds is 11. The highest BCUT2D eigenvalue weighted by Gasteiger charge is 2.22. The van der Waals surface area contributed by atoms with Crippen LogP contribution in [0.25, 0.3) is 21.9 Å². The second-order valence-electron chi connectivity index (χ2n) is 8.61. The van der Waals surface area contributed by atoms with E-state index in [1.807, 2.05) is 36.4 Å². The number of nitro groups is 1. The smallest absolute Gasteiger partial charge is 0.433 e. The first kappa shape index (κ1) is 28.6. The zero-order valence-corrected chi connectivity index (χ0v) is 21.7. The molecule has 0 amide bonds. The summed E-state index contributed by atoms with van der Waals surface area (Å²) in [6.45, 7) is -1.25. The molecule has 4 rings (SSSR count). The molecule has 0 fully saturated rings. The average Bonchev–Trinajstić information content (AvgIpc) is 2.97. The molecule has 13 heteroatoms. The molecule has 2 unspecified atom stereocenters. The number of hydrogen-bond donors (Lipinski definition) is 3. The summed E-state index contributed by atoms with van der Waals surface area (Å²) in [4.78, 5) is 26.2. The average molecular weight is 568 g/mol. The Morgan fingerprint density at radius 2 is 1.73 bits per heavy atom. The maximum atomic E-state index is 13.2. The zero-order valence-electron chi connectivity index (χ0n) is 20.9. The van der Waals surface area contributed by atoms with Crippen LogP contribution in [0.15, 0.2) is 90.1 Å². The summed E-state index contributed by atoms with van der Waals surface area (Å²) in [5, 5.41) is 32.1. The first-order chi connectivity index (χ1) is 19.2. The van der Waals surface area contributed by atoms with E-state index < -0.39 is 39.9 Å². The summed E-state index contributed by atoms with van der Waals surface area (Å²) in [7, 11) is -4.02. The maximum absolute atomic E-state index is 13.2. The topological polar surface area (TPSA) is 178 Å². The van der Waals surface area contributed by atoms with Crippen molar-refractivity contribution >= 4 is 32.6 Å². The van der Waals surface area contributed by atoms with E-state index in [1.165, 1.54) is 30.5 Å². The van der Waals surface area contributed by atoms with Crippen LogP contribution in [0, 0.1) is 10.1 Å². The van der Waals surface area contributed by atoms with Crippen LogP contribution in [-0.2, 0) is 19.5 Å². The van der Waals surface area contributed by atoms with E-state index in [-0.39, 0.29) is 29.3 Å². The predicted octanol–water partition coefficient (Wildman–Crippen LogP) is 3.34. The van der Waals surface area contributed by atoms with Crippen molar-refractivity contribution in [3.8, 4) is 11.1 Å². The quantitative estimate of drug-likeness (QED) is 0.105. The van der Waals surface area contributed by atoms with Crippen LogP contribution < -0.4 is 4.72 Å². The lowest BCUT2D eigenvalue weighted by Gasteiger charge is -2.18. The second-order valence-corrected chi connectivity index (χ2v) is 10.3. The van der Waals surface area contributed by atoms with Crippen LogP contribution in [0.3, 0.4) is 0 Å². The van der Waals surface area contributed by atoms with Gasteiger partial charge in [0, 0.05) is 41.8 Å². The number of nitro benzene ring substituents is 1. The van der Waals surface area contributed by atoms with Gasteiger partial charge in [0.15, 0.2) is 0 Å². The summed E-state index contributed by atoms with van der Waals surface area (Å²) < 4.78 is 38.4. The molecule has 40 heavy (non-hydrogen) atoms. The fraction of sp³-hybridized carbons (Fsp3) is 0.185. The largest absolute Gasteiger partial charge is 0.508 e. The predicted molar refractivity (Wildman–Crippen MR) is 144 cm³/mol. The van der Waals surface area contributed by atoms with Crippen molar-refractivity contribution in [3.05, 3.63) is 101 Å². The Morgan fingerprint density at radius 1 is 1.00 bits per heavy atom. The van der Waals surface area contributed by atoms with E-state index in [9.17, 15) is 33.5 Å². The minimum absolute atomic E-state index is 0.0391. The minimum Gasteiger partial charge on any atom is -0.433 e. The molecule has 0 aliphatic heterocycles. The van der Waals surface area contributed by atoms with Crippen molar-refractivity contribution in [3.63, 3.8) is 0 Å². The minimum atomic E-state index is -4.02. The number of fused-ring (bicyclic) bond motifs is 1. The Labute approximate surface area is 229 Å². The molecule has 0 bridgehead atoms. The number of carbonyl (C=O) groups is 1. The molecule has 0 radical (unpaired) electrons. The normalized spacial score (nSPS) is 12.9. The summed E-state index contributed by atoms with van der Waals surface area (Å²) in [6.07, 6.45) is -1.12. The lowest BCUT2D eigenvalue weighted by molar-refractivity contribution is -0.384. The van der Waals surface area contributed by atoms with Crippen LogP contribution in [0.5, 0.6) is 0 Å². The lowest BCUT2D eigenvalue weighted by Crippen LogP contribution is -2.29. The third-order valence-electron chi connectivity index (χ3n) is 5.91. The number of hydrogen-bond acceptors (Lipinski definition) is 10. The number of aliphatic hydroxyl groups is 2. The van der Waals surface area contributed by atoms with Crippen LogP contribution in [0.4, 0.5) is 10.5 Å². The molecule has 2 atom stereocenters. The van der Waals surface area contributed by atoms with Crippen LogP contribution in [0.1, 0.15) is 11.7 Å². The standard InChI is InChI=1S/C27H25N3O9S/c31-24(26(32)19-6-8-22(9-7-19)30(34)35)17-39-27(33)38-13-12-29-40(36,37)25-15-20(18-4-2-1-3-5-18)14-21-16-28-11-10-23(21)25/h1-11,14-16,24,26,29,31-32H,12-13,17H2. The molecule has 3 aromatic carbocycles. The molecule has 12 nitrogen and oxygen atoms in total. The van der Waals surface area contributed by atoms with E-state index >= 15 is 0 Å². The van der Waals surface area contributed by atoms with Gasteiger partial charge in [-0.1, -0.05) is 30.3 Å². The van der Waals surface area contributed by atoms with Gasteiger partial charge in [0.2, 0.25) is 10.0 Å². The number of pyridine rings is 1. The van der Waals surface area contributed by atoms with Gasteiger partial charge in [-0.15, -0.1) is 0 Å². The van der Waals surface area contributed by atoms with Gasteiger partial charge in [0.1, 0.15) is 25.4 Å². The van der Waals surface area contributed by atoms with Crippen molar-refractivity contribution in [1.82, 2.24) is 9.71 Å². The summed E-state index contributed by atoms with van der Waals surface area (Å²) >= 11 is 0. The molecular formula is C27H25N3O9S. The Bertz CT molecular complexity index is 1600. The molecule has 208 valence electrons. The summed E-state index contributed by atoms with van der Waals surface area (Å²) in [5.74, 6) is 0. The number of aromatic nitrogens is 1. The molecule has 4 aromatic rings. The van der Waals surface area contributed by atoms with Gasteiger partial charge in [0.25, 0.3) is 5.69 Å². The van der Waals surface area contributed by atoms with Crippen LogP contribution in [0.2, 0.25) is 0 Å². The van der Waals surface area contributed by atoms with Gasteiger partial charge in [-0.3, -0.25) is 15.1 Å². The molecule has 0 aliphatic rings. The first-order valence-electron chi connectivity index (χ1n) is 12.0. The fourth-order valence-corrected chi connectivity index (χ4v) is 5.15. The van der Waals surface area contributed by atoms with Gasteiger partial charge in [-0.05, 0) is 47.0 Å². The molecule has 1 heterocycles. The third-order valence-corrected chi connectivity index (χ3v) is 7.41. The van der Waals surface area contributed by atoms with Gasteiger partial charge in [0.05, 0.1) is 9.82 Å². The number of benzene rings is 3. The van der Waals surface area contributed by atoms with Crippen molar-refractivity contribution in [2.24, 2.45) is 0 Å². The van der Waals surface area contributed by atoms with Crippen LogP contribution in [-0.4, -0.2) is 60.6 Å². The second kappa shape index (κ2) is 12.6. The van der Waals surface area contributed by atoms with E-state index in [0.29, 0.717) is 16.3 Å². The van der Waals surface area contributed by atoms with Crippen molar-refractivity contribution < 1.29 is 37.8 Å². The monoisotopic (exact) mass is 567 g/mol. The SMILES string of the molecule is O=C(OCCNS(=O)(=O)c1cc(-c2ccccc2)cc2cnccc12)OCC(O)C(O)c1ccc([N+](=O)[O-])cc1. The van der Waals surface area contributed by atoms with Crippen molar-refractivity contribution in [2.45, 2.75) is 17.1 Å². The van der Waals surface area contributed by atoms with Gasteiger partial charge in [-0.25, -0.2) is 17.9 Å². The summed E-state index contributed by atoms with van der Waals surface area (Å²) in [6, 6.07) is 19.2. The highest BCUT2D eigenvalue weighted by atomic mass is 32.2. The Hall–Kier alpha value is -4.43. The first-order valence-corrected chi connectivity index (χ1v) is 13.5. The number of nitrogens with one attached hydrogen (secondary N) is 1. The number of ether oxygens (including phenoxy) is 2. The zero-order chi connectivity index (χ0) is 28.7. The number of carbonyl (C=O) groups excluding carboxylic acids is 1. The van der Waals surface area contributed by atoms with E-state index in [1.54, 1.807) is 18.3 Å². The Kier molecular flexibility index (Phi) is 9.01. The Morgan fingerprint density at radius 3 is 2.42 bits per heavy atom. The van der Waals surface area contributed by atoms with Gasteiger partial charge < -0.3 is 19.7 Å². The molecular weight excluding hydrogens is 542 g/mol. The fourth-order valence-electron chi connectivity index (χ4n) is 3.88. The van der Waals surface area contributed by atoms with E-state index in [4.69, 9.17) is 9.47 Å². The third kappa shape index (κ3) is 6.95. The molecule has 0 spiro atoms. The molecule has 0 saturated carbocycles. The Balaban J connectivity index is 1.31. The number of non-ortho nitro benzene ring substituents is 1. The number of nitrogens with zero attached hydrogens (tertiary/aromatic N) is 2. The van der Waals surface area contributed by atoms with Crippen molar-refractivity contribution in [1.29, 1.82) is 0 Å². The maximum Gasteiger partial charge on any atom is 0.508 e. The van der Waals surface area contributed by atoms with Crippen molar-refractivity contribution in [2.75, 3.05) is 19.8 Å². The van der Waals surface area contributed by atoms with E-state index in [0.717, 1.165) is 5.56 Å². The molecule has 0 saturated heterocycles. The molecule has 1 aromatic heterocycles. The molecule has 0 aliphatic carbocycles. The number of sulfonamides is 1. The number of aliphatic hydroxyl groups excluding tert-OH is 2. The summed E-state index contributed by atoms with van der Waals surface area (Å²) in [5.41, 5.74) is 1.52. The highest BCUT2D eigenvalue weighted by Crippen LogP contribution is 2.30. The van der Waals surface area contributed by atoms with Gasteiger partial charge in [-0.2, -0.15) is 0 Å².